The second-order valence-corrected chi connectivity index (χ2v) is 5.94. The summed E-state index contributed by atoms with van der Waals surface area (Å²) in [5.41, 5.74) is 2.14. The quantitative estimate of drug-likeness (QED) is 0.775. The summed E-state index contributed by atoms with van der Waals surface area (Å²) in [6, 6.07) is 4.43. The van der Waals surface area contributed by atoms with Crippen LogP contribution in [0, 0.1) is 0 Å². The van der Waals surface area contributed by atoms with E-state index in [1.54, 1.807) is 0 Å². The molecule has 18 heavy (non-hydrogen) atoms. The van der Waals surface area contributed by atoms with Gasteiger partial charge in [0.2, 0.25) is 0 Å². The number of ether oxygens (including phenoxy) is 1. The standard InChI is InChI=1S/C14H19N3O/c1-14(2,3)12-11-5-4-7-15-13(11)17(16-12)10-6-8-18-9-10/h4-5,7,10H,6,8-9H2,1-3H3. The predicted molar refractivity (Wildman–Crippen MR) is 70.7 cm³/mol. The number of pyridine rings is 1. The van der Waals surface area contributed by atoms with Gasteiger partial charge in [0.25, 0.3) is 0 Å². The minimum absolute atomic E-state index is 0.0337. The summed E-state index contributed by atoms with van der Waals surface area (Å²) in [4.78, 5) is 4.50. The van der Waals surface area contributed by atoms with Gasteiger partial charge in [-0.3, -0.25) is 0 Å². The molecule has 4 nitrogen and oxygen atoms in total. The van der Waals surface area contributed by atoms with E-state index in [1.807, 2.05) is 12.3 Å². The van der Waals surface area contributed by atoms with Gasteiger partial charge in [0, 0.05) is 23.6 Å². The van der Waals surface area contributed by atoms with Crippen LogP contribution in [0.15, 0.2) is 18.3 Å². The lowest BCUT2D eigenvalue weighted by atomic mass is 9.90. The molecule has 3 rings (SSSR count). The van der Waals surface area contributed by atoms with Crippen molar-refractivity contribution in [3.8, 4) is 0 Å². The van der Waals surface area contributed by atoms with Crippen molar-refractivity contribution in [3.05, 3.63) is 24.0 Å². The molecular weight excluding hydrogens is 226 g/mol. The van der Waals surface area contributed by atoms with Gasteiger partial charge in [-0.15, -0.1) is 0 Å². The molecule has 0 saturated carbocycles. The van der Waals surface area contributed by atoms with Gasteiger partial charge in [0.1, 0.15) is 0 Å². The van der Waals surface area contributed by atoms with Crippen molar-refractivity contribution in [2.75, 3.05) is 13.2 Å². The minimum atomic E-state index is 0.0337. The first kappa shape index (κ1) is 11.7. The molecule has 96 valence electrons. The van der Waals surface area contributed by atoms with E-state index in [2.05, 4.69) is 36.5 Å². The number of fused-ring (bicyclic) bond motifs is 1. The lowest BCUT2D eigenvalue weighted by Gasteiger charge is -2.15. The van der Waals surface area contributed by atoms with E-state index in [0.29, 0.717) is 6.04 Å². The third-order valence-corrected chi connectivity index (χ3v) is 3.43. The molecule has 1 unspecified atom stereocenters. The summed E-state index contributed by atoms with van der Waals surface area (Å²) >= 11 is 0. The summed E-state index contributed by atoms with van der Waals surface area (Å²) in [5.74, 6) is 0. The second kappa shape index (κ2) is 4.05. The highest BCUT2D eigenvalue weighted by atomic mass is 16.5. The Kier molecular flexibility index (Phi) is 2.63. The molecule has 0 amide bonds. The number of rotatable bonds is 1. The summed E-state index contributed by atoms with van der Waals surface area (Å²) < 4.78 is 7.53. The number of aromatic nitrogens is 3. The molecule has 1 atom stereocenters. The van der Waals surface area contributed by atoms with Crippen molar-refractivity contribution in [1.82, 2.24) is 14.8 Å². The Morgan fingerprint density at radius 1 is 1.39 bits per heavy atom. The van der Waals surface area contributed by atoms with E-state index in [1.165, 1.54) is 0 Å². The highest BCUT2D eigenvalue weighted by Gasteiger charge is 2.27. The molecule has 2 aromatic heterocycles. The fourth-order valence-electron chi connectivity index (χ4n) is 2.50. The molecule has 0 aromatic carbocycles. The van der Waals surface area contributed by atoms with E-state index in [4.69, 9.17) is 9.84 Å². The molecule has 0 radical (unpaired) electrons. The molecule has 1 saturated heterocycles. The van der Waals surface area contributed by atoms with Crippen LogP contribution < -0.4 is 0 Å². The maximum absolute atomic E-state index is 5.47. The van der Waals surface area contributed by atoms with Gasteiger partial charge >= 0.3 is 0 Å². The summed E-state index contributed by atoms with van der Waals surface area (Å²) in [6.07, 6.45) is 2.86. The third-order valence-electron chi connectivity index (χ3n) is 3.43. The molecule has 0 aliphatic carbocycles. The molecule has 1 aliphatic heterocycles. The first-order valence-electron chi connectivity index (χ1n) is 6.49. The molecule has 0 N–H and O–H groups in total. The lowest BCUT2D eigenvalue weighted by molar-refractivity contribution is 0.185. The summed E-state index contributed by atoms with van der Waals surface area (Å²) in [7, 11) is 0. The zero-order valence-electron chi connectivity index (χ0n) is 11.2. The number of hydrogen-bond acceptors (Lipinski definition) is 3. The van der Waals surface area contributed by atoms with Crippen LogP contribution in [0.2, 0.25) is 0 Å². The molecule has 2 aromatic rings. The molecule has 3 heterocycles. The van der Waals surface area contributed by atoms with Crippen LogP contribution in [0.5, 0.6) is 0 Å². The Morgan fingerprint density at radius 2 is 2.22 bits per heavy atom. The fourth-order valence-corrected chi connectivity index (χ4v) is 2.50. The van der Waals surface area contributed by atoms with E-state index >= 15 is 0 Å². The monoisotopic (exact) mass is 245 g/mol. The Bertz CT molecular complexity index is 562. The van der Waals surface area contributed by atoms with Crippen molar-refractivity contribution in [1.29, 1.82) is 0 Å². The van der Waals surface area contributed by atoms with E-state index in [-0.39, 0.29) is 5.41 Å². The summed E-state index contributed by atoms with van der Waals surface area (Å²) in [6.45, 7) is 8.15. The number of nitrogens with zero attached hydrogens (tertiary/aromatic N) is 3. The van der Waals surface area contributed by atoms with Crippen LogP contribution in [0.4, 0.5) is 0 Å². The highest BCUT2D eigenvalue weighted by Crippen LogP contribution is 2.31. The van der Waals surface area contributed by atoms with E-state index in [9.17, 15) is 0 Å². The van der Waals surface area contributed by atoms with Gasteiger partial charge in [0.15, 0.2) is 5.65 Å². The molecule has 1 aliphatic rings. The average molecular weight is 245 g/mol. The molecule has 0 bridgehead atoms. The average Bonchev–Trinajstić information content (AvgIpc) is 2.94. The van der Waals surface area contributed by atoms with Gasteiger partial charge in [-0.2, -0.15) is 5.10 Å². The number of hydrogen-bond donors (Lipinski definition) is 0. The molecule has 1 fully saturated rings. The van der Waals surface area contributed by atoms with Gasteiger partial charge in [-0.25, -0.2) is 9.67 Å². The largest absolute Gasteiger partial charge is 0.379 e. The first-order valence-corrected chi connectivity index (χ1v) is 6.49. The normalized spacial score (nSPS) is 20.7. The van der Waals surface area contributed by atoms with Crippen LogP contribution in [0.1, 0.15) is 38.9 Å². The maximum Gasteiger partial charge on any atom is 0.158 e. The molecular formula is C14H19N3O. The van der Waals surface area contributed by atoms with Crippen LogP contribution >= 0.6 is 0 Å². The van der Waals surface area contributed by atoms with Gasteiger partial charge in [-0.1, -0.05) is 20.8 Å². The van der Waals surface area contributed by atoms with Gasteiger partial charge < -0.3 is 4.74 Å². The molecule has 4 heteroatoms. The van der Waals surface area contributed by atoms with Crippen molar-refractivity contribution in [3.63, 3.8) is 0 Å². The predicted octanol–water partition coefficient (Wildman–Crippen LogP) is 2.69. The van der Waals surface area contributed by atoms with Gasteiger partial charge in [0.05, 0.1) is 18.3 Å². The SMILES string of the molecule is CC(C)(C)c1nn(C2CCOC2)c2ncccc12. The van der Waals surface area contributed by atoms with Crippen molar-refractivity contribution < 1.29 is 4.74 Å². The summed E-state index contributed by atoms with van der Waals surface area (Å²) in [5, 5.41) is 5.98. The van der Waals surface area contributed by atoms with E-state index < -0.39 is 0 Å². The second-order valence-electron chi connectivity index (χ2n) is 5.94. The fraction of sp³-hybridized carbons (Fsp3) is 0.571. The highest BCUT2D eigenvalue weighted by molar-refractivity contribution is 5.79. The third kappa shape index (κ3) is 1.81. The zero-order valence-corrected chi connectivity index (χ0v) is 11.2. The van der Waals surface area contributed by atoms with Crippen LogP contribution in [-0.2, 0) is 10.2 Å². The van der Waals surface area contributed by atoms with Crippen LogP contribution in [0.3, 0.4) is 0 Å². The zero-order chi connectivity index (χ0) is 12.8. The van der Waals surface area contributed by atoms with Gasteiger partial charge in [-0.05, 0) is 18.6 Å². The van der Waals surface area contributed by atoms with E-state index in [0.717, 1.165) is 36.4 Å². The van der Waals surface area contributed by atoms with Crippen molar-refractivity contribution >= 4 is 11.0 Å². The van der Waals surface area contributed by atoms with Crippen molar-refractivity contribution in [2.24, 2.45) is 0 Å². The maximum atomic E-state index is 5.47. The topological polar surface area (TPSA) is 39.9 Å². The molecule has 0 spiro atoms. The van der Waals surface area contributed by atoms with Crippen molar-refractivity contribution in [2.45, 2.75) is 38.6 Å². The Morgan fingerprint density at radius 3 is 2.89 bits per heavy atom. The first-order chi connectivity index (χ1) is 8.57. The Balaban J connectivity index is 2.20. The Labute approximate surface area is 107 Å². The van der Waals surface area contributed by atoms with Crippen LogP contribution in [-0.4, -0.2) is 28.0 Å². The van der Waals surface area contributed by atoms with Crippen LogP contribution in [0.25, 0.3) is 11.0 Å². The minimum Gasteiger partial charge on any atom is -0.379 e. The smallest absolute Gasteiger partial charge is 0.158 e. The Hall–Kier alpha value is -1.42. The lowest BCUT2D eigenvalue weighted by Crippen LogP contribution is -2.15.